The fourth-order valence-electron chi connectivity index (χ4n) is 9.89. The molecule has 8 aromatic carbocycles. The van der Waals surface area contributed by atoms with Gasteiger partial charge in [0.15, 0.2) is 0 Å². The van der Waals surface area contributed by atoms with E-state index < -0.39 is 0 Å². The molecule has 0 radical (unpaired) electrons. The Balaban J connectivity index is 1.08. The third kappa shape index (κ3) is 4.93. The number of para-hydroxylation sites is 1. The standard InChI is InChI=1S/C55H39NO2/c1-55(2)47-18-10-8-16-42(47)43-28-23-38(31-48(43)55)52-53-44-17-9-11-19-49(44)57-51(53)33-46-45-32-41(27-29-50(45)58-54(46)52)56(40-26-22-35-14-6-7-15-37(35)30-40)39-24-20-36(21-25-39)34-12-4-3-5-13-34/h3-9,11-17,19-33H,10,18H2,1-2H3. The third-order valence-electron chi connectivity index (χ3n) is 12.8. The minimum atomic E-state index is -0.0504. The van der Waals surface area contributed by atoms with Gasteiger partial charge in [0.05, 0.1) is 0 Å². The Morgan fingerprint density at radius 2 is 1.22 bits per heavy atom. The van der Waals surface area contributed by atoms with E-state index in [4.69, 9.17) is 8.83 Å². The molecule has 2 heterocycles. The number of anilines is 3. The maximum absolute atomic E-state index is 7.02. The van der Waals surface area contributed by atoms with Gasteiger partial charge in [-0.15, -0.1) is 0 Å². The maximum atomic E-state index is 7.02. The molecule has 0 amide bonds. The van der Waals surface area contributed by atoms with Crippen LogP contribution in [0.1, 0.15) is 37.8 Å². The lowest BCUT2D eigenvalue weighted by Gasteiger charge is -2.26. The van der Waals surface area contributed by atoms with E-state index in [0.717, 1.165) is 84.9 Å². The molecule has 0 aliphatic heterocycles. The average molecular weight is 746 g/mol. The van der Waals surface area contributed by atoms with Gasteiger partial charge in [0.25, 0.3) is 0 Å². The highest BCUT2D eigenvalue weighted by Gasteiger charge is 2.37. The van der Waals surface area contributed by atoms with Crippen molar-refractivity contribution < 1.29 is 8.83 Å². The summed E-state index contributed by atoms with van der Waals surface area (Å²) >= 11 is 0. The summed E-state index contributed by atoms with van der Waals surface area (Å²) in [6.45, 7) is 4.78. The molecule has 0 bridgehead atoms. The van der Waals surface area contributed by atoms with Crippen molar-refractivity contribution >= 4 is 77.3 Å². The predicted molar refractivity (Wildman–Crippen MR) is 242 cm³/mol. The van der Waals surface area contributed by atoms with Crippen LogP contribution in [0, 0.1) is 0 Å². The largest absolute Gasteiger partial charge is 0.456 e. The molecule has 3 heteroatoms. The molecule has 0 N–H and O–H groups in total. The van der Waals surface area contributed by atoms with E-state index in [-0.39, 0.29) is 5.41 Å². The van der Waals surface area contributed by atoms with Crippen molar-refractivity contribution in [3.63, 3.8) is 0 Å². The Kier molecular flexibility index (Phi) is 7.10. The van der Waals surface area contributed by atoms with Crippen LogP contribution in [0.3, 0.4) is 0 Å². The molecule has 2 aliphatic carbocycles. The molecule has 0 saturated carbocycles. The summed E-state index contributed by atoms with van der Waals surface area (Å²) in [5, 5.41) is 6.68. The van der Waals surface area contributed by atoms with Gasteiger partial charge in [0, 0.05) is 49.6 Å². The van der Waals surface area contributed by atoms with Gasteiger partial charge in [0.1, 0.15) is 22.3 Å². The number of rotatable bonds is 5. The predicted octanol–water partition coefficient (Wildman–Crippen LogP) is 15.8. The zero-order valence-corrected chi connectivity index (χ0v) is 32.4. The van der Waals surface area contributed by atoms with Crippen molar-refractivity contribution in [1.82, 2.24) is 0 Å². The number of benzene rings is 8. The van der Waals surface area contributed by atoms with Crippen LogP contribution in [0.15, 0.2) is 190 Å². The van der Waals surface area contributed by atoms with E-state index >= 15 is 0 Å². The molecule has 0 saturated heterocycles. The first-order valence-corrected chi connectivity index (χ1v) is 20.3. The van der Waals surface area contributed by atoms with Gasteiger partial charge in [0.2, 0.25) is 0 Å². The number of nitrogens with zero attached hydrogens (tertiary/aromatic N) is 1. The van der Waals surface area contributed by atoms with E-state index in [1.165, 1.54) is 38.6 Å². The Labute approximate surface area is 336 Å². The number of furan rings is 2. The molecule has 58 heavy (non-hydrogen) atoms. The third-order valence-corrected chi connectivity index (χ3v) is 12.8. The molecule has 0 fully saturated rings. The number of allylic oxidation sites excluding steroid dienone is 4. The van der Waals surface area contributed by atoms with Crippen molar-refractivity contribution in [3.05, 3.63) is 193 Å². The summed E-state index contributed by atoms with van der Waals surface area (Å²) < 4.78 is 13.7. The second kappa shape index (κ2) is 12.4. The molecule has 12 rings (SSSR count). The van der Waals surface area contributed by atoms with Crippen LogP contribution in [-0.4, -0.2) is 0 Å². The van der Waals surface area contributed by atoms with Gasteiger partial charge < -0.3 is 13.7 Å². The summed E-state index contributed by atoms with van der Waals surface area (Å²) in [6.07, 6.45) is 6.87. The zero-order valence-electron chi connectivity index (χ0n) is 32.4. The van der Waals surface area contributed by atoms with Crippen LogP contribution in [0.5, 0.6) is 0 Å². The number of fused-ring (bicyclic) bond motifs is 9. The highest BCUT2D eigenvalue weighted by atomic mass is 16.3. The molecule has 2 aromatic heterocycles. The lowest BCUT2D eigenvalue weighted by atomic mass is 9.78. The molecule has 10 aromatic rings. The molecule has 3 nitrogen and oxygen atoms in total. The van der Waals surface area contributed by atoms with Crippen molar-refractivity contribution in [3.8, 4) is 22.3 Å². The van der Waals surface area contributed by atoms with Crippen LogP contribution >= 0.6 is 0 Å². The fraction of sp³-hybridized carbons (Fsp3) is 0.0909. The first-order valence-electron chi connectivity index (χ1n) is 20.3. The van der Waals surface area contributed by atoms with Crippen molar-refractivity contribution in [2.45, 2.75) is 32.1 Å². The van der Waals surface area contributed by atoms with Gasteiger partial charge in [-0.2, -0.15) is 0 Å². The van der Waals surface area contributed by atoms with Crippen LogP contribution in [0.25, 0.3) is 82.5 Å². The topological polar surface area (TPSA) is 29.5 Å². The molecule has 2 aliphatic rings. The van der Waals surface area contributed by atoms with Gasteiger partial charge in [-0.05, 0) is 118 Å². The fourth-order valence-corrected chi connectivity index (χ4v) is 9.89. The minimum absolute atomic E-state index is 0.0504. The molecule has 0 atom stereocenters. The Bertz CT molecular complexity index is 3360. The Morgan fingerprint density at radius 1 is 0.517 bits per heavy atom. The normalized spacial score (nSPS) is 14.6. The second-order valence-corrected chi connectivity index (χ2v) is 16.4. The van der Waals surface area contributed by atoms with Crippen molar-refractivity contribution in [2.24, 2.45) is 0 Å². The first kappa shape index (κ1) is 33.1. The van der Waals surface area contributed by atoms with Crippen LogP contribution in [0.2, 0.25) is 0 Å². The molecular weight excluding hydrogens is 707 g/mol. The first-order chi connectivity index (χ1) is 28.5. The molecule has 0 unspecified atom stereocenters. The van der Waals surface area contributed by atoms with Gasteiger partial charge >= 0.3 is 0 Å². The average Bonchev–Trinajstić information content (AvgIpc) is 3.90. The highest BCUT2D eigenvalue weighted by molar-refractivity contribution is 6.24. The monoisotopic (exact) mass is 745 g/mol. The van der Waals surface area contributed by atoms with E-state index in [1.54, 1.807) is 5.57 Å². The van der Waals surface area contributed by atoms with E-state index in [1.807, 2.05) is 6.07 Å². The second-order valence-electron chi connectivity index (χ2n) is 16.4. The number of hydrogen-bond donors (Lipinski definition) is 0. The van der Waals surface area contributed by atoms with Crippen LogP contribution < -0.4 is 4.90 Å². The highest BCUT2D eigenvalue weighted by Crippen LogP contribution is 2.53. The summed E-state index contributed by atoms with van der Waals surface area (Å²) in [6, 6.07) is 59.0. The van der Waals surface area contributed by atoms with Crippen molar-refractivity contribution in [1.29, 1.82) is 0 Å². The zero-order chi connectivity index (χ0) is 38.5. The van der Waals surface area contributed by atoms with Crippen molar-refractivity contribution in [2.75, 3.05) is 4.90 Å². The van der Waals surface area contributed by atoms with Crippen LogP contribution in [-0.2, 0) is 5.41 Å². The van der Waals surface area contributed by atoms with Gasteiger partial charge in [-0.3, -0.25) is 0 Å². The Hall–Kier alpha value is -7.10. The summed E-state index contributed by atoms with van der Waals surface area (Å²) in [7, 11) is 0. The lowest BCUT2D eigenvalue weighted by molar-refractivity contribution is 0.607. The van der Waals surface area contributed by atoms with E-state index in [2.05, 4.69) is 189 Å². The summed E-state index contributed by atoms with van der Waals surface area (Å²) in [5.41, 5.74) is 16.9. The summed E-state index contributed by atoms with van der Waals surface area (Å²) in [5.74, 6) is 0. The number of hydrogen-bond acceptors (Lipinski definition) is 3. The minimum Gasteiger partial charge on any atom is -0.456 e. The SMILES string of the molecule is CC1(C)C2=C(C=CCC2)c2ccc(-c3c4oc5ccc(N(c6ccc(-c7ccccc7)cc6)c6ccc7ccccc7c6)cc5c4cc4oc5ccccc5c34)cc21. The molecule has 276 valence electrons. The molecular formula is C55H39NO2. The van der Waals surface area contributed by atoms with E-state index in [9.17, 15) is 0 Å². The van der Waals surface area contributed by atoms with Crippen LogP contribution in [0.4, 0.5) is 17.1 Å². The lowest BCUT2D eigenvalue weighted by Crippen LogP contribution is -2.17. The smallest absolute Gasteiger partial charge is 0.144 e. The molecule has 0 spiro atoms. The van der Waals surface area contributed by atoms with Gasteiger partial charge in [-0.1, -0.05) is 135 Å². The quantitative estimate of drug-likeness (QED) is 0.176. The summed E-state index contributed by atoms with van der Waals surface area (Å²) in [4.78, 5) is 2.35. The van der Waals surface area contributed by atoms with E-state index in [0.29, 0.717) is 0 Å². The Morgan fingerprint density at radius 3 is 2.10 bits per heavy atom. The maximum Gasteiger partial charge on any atom is 0.144 e. The van der Waals surface area contributed by atoms with Gasteiger partial charge in [-0.25, -0.2) is 0 Å².